The van der Waals surface area contributed by atoms with E-state index in [0.29, 0.717) is 0 Å². The van der Waals surface area contributed by atoms with Crippen molar-refractivity contribution in [2.24, 2.45) is 5.92 Å². The van der Waals surface area contributed by atoms with Crippen molar-refractivity contribution >= 4 is 0 Å². The van der Waals surface area contributed by atoms with E-state index >= 15 is 0 Å². The van der Waals surface area contributed by atoms with Gasteiger partial charge in [-0.3, -0.25) is 4.90 Å². The fourth-order valence-corrected chi connectivity index (χ4v) is 3.33. The molecule has 1 atom stereocenters. The second-order valence-corrected chi connectivity index (χ2v) is 5.75. The van der Waals surface area contributed by atoms with Crippen LogP contribution in [0.4, 0.5) is 0 Å². The Morgan fingerprint density at radius 3 is 2.84 bits per heavy atom. The molecule has 2 aliphatic rings. The van der Waals surface area contributed by atoms with Crippen LogP contribution in [0, 0.1) is 5.92 Å². The maximum atomic E-state index is 5.21. The summed E-state index contributed by atoms with van der Waals surface area (Å²) in [5, 5.41) is 0. The van der Waals surface area contributed by atoms with Crippen LogP contribution in [-0.4, -0.2) is 25.1 Å². The number of rotatable bonds is 3. The van der Waals surface area contributed by atoms with Crippen LogP contribution in [0.3, 0.4) is 0 Å². The number of allylic oxidation sites excluding steroid dienone is 1. The van der Waals surface area contributed by atoms with Gasteiger partial charge in [0.15, 0.2) is 0 Å². The topological polar surface area (TPSA) is 12.5 Å². The van der Waals surface area contributed by atoms with E-state index in [9.17, 15) is 0 Å². The van der Waals surface area contributed by atoms with Crippen molar-refractivity contribution in [3.05, 3.63) is 41.5 Å². The smallest absolute Gasteiger partial charge is 0.118 e. The van der Waals surface area contributed by atoms with Gasteiger partial charge in [-0.05, 0) is 55.8 Å². The van der Waals surface area contributed by atoms with Gasteiger partial charge in [0.05, 0.1) is 7.11 Å². The third-order valence-electron chi connectivity index (χ3n) is 4.45. The number of piperidine rings is 1. The summed E-state index contributed by atoms with van der Waals surface area (Å²) in [7, 11) is 1.72. The SMILES string of the molecule is COc1ccc(CN2CCC3CCCC=C3C2)cc1. The summed E-state index contributed by atoms with van der Waals surface area (Å²) in [6.45, 7) is 3.48. The highest BCUT2D eigenvalue weighted by Gasteiger charge is 2.25. The summed E-state index contributed by atoms with van der Waals surface area (Å²) in [4.78, 5) is 2.58. The molecule has 0 amide bonds. The normalized spacial score (nSPS) is 23.6. The van der Waals surface area contributed by atoms with Crippen molar-refractivity contribution in [2.45, 2.75) is 32.2 Å². The van der Waals surface area contributed by atoms with E-state index in [2.05, 4.69) is 35.2 Å². The van der Waals surface area contributed by atoms with Gasteiger partial charge in [-0.15, -0.1) is 0 Å². The van der Waals surface area contributed by atoms with Crippen molar-refractivity contribution in [1.82, 2.24) is 4.90 Å². The first-order valence-electron chi connectivity index (χ1n) is 7.39. The van der Waals surface area contributed by atoms with Crippen LogP contribution >= 0.6 is 0 Å². The molecule has 0 radical (unpaired) electrons. The molecule has 2 heteroatoms. The summed E-state index contributed by atoms with van der Waals surface area (Å²) in [5.41, 5.74) is 3.08. The predicted octanol–water partition coefficient (Wildman–Crippen LogP) is 3.63. The third kappa shape index (κ3) is 3.01. The minimum absolute atomic E-state index is 0.890. The monoisotopic (exact) mass is 257 g/mol. The van der Waals surface area contributed by atoms with Gasteiger partial charge in [0, 0.05) is 13.1 Å². The van der Waals surface area contributed by atoms with E-state index < -0.39 is 0 Å². The lowest BCUT2D eigenvalue weighted by molar-refractivity contribution is 0.215. The number of fused-ring (bicyclic) bond motifs is 1. The van der Waals surface area contributed by atoms with Gasteiger partial charge in [0.25, 0.3) is 0 Å². The number of methoxy groups -OCH3 is 1. The van der Waals surface area contributed by atoms with Gasteiger partial charge in [0.1, 0.15) is 5.75 Å². The first-order valence-corrected chi connectivity index (χ1v) is 7.39. The fraction of sp³-hybridized carbons (Fsp3) is 0.529. The van der Waals surface area contributed by atoms with E-state index in [1.54, 1.807) is 12.7 Å². The average Bonchev–Trinajstić information content (AvgIpc) is 2.48. The zero-order chi connectivity index (χ0) is 13.1. The lowest BCUT2D eigenvalue weighted by Gasteiger charge is -2.36. The second kappa shape index (κ2) is 5.79. The highest BCUT2D eigenvalue weighted by atomic mass is 16.5. The summed E-state index contributed by atoms with van der Waals surface area (Å²) in [5.74, 6) is 1.83. The molecule has 0 saturated carbocycles. The summed E-state index contributed by atoms with van der Waals surface area (Å²) >= 11 is 0. The van der Waals surface area contributed by atoms with Crippen LogP contribution in [0.25, 0.3) is 0 Å². The molecule has 0 spiro atoms. The fourth-order valence-electron chi connectivity index (χ4n) is 3.33. The Kier molecular flexibility index (Phi) is 3.88. The maximum Gasteiger partial charge on any atom is 0.118 e. The molecule has 1 saturated heterocycles. The minimum atomic E-state index is 0.890. The molecule has 1 aliphatic carbocycles. The van der Waals surface area contributed by atoms with E-state index in [4.69, 9.17) is 4.74 Å². The molecular weight excluding hydrogens is 234 g/mol. The quantitative estimate of drug-likeness (QED) is 0.767. The second-order valence-electron chi connectivity index (χ2n) is 5.75. The maximum absolute atomic E-state index is 5.21. The number of nitrogens with zero attached hydrogens (tertiary/aromatic N) is 1. The van der Waals surface area contributed by atoms with Crippen LogP contribution in [0.15, 0.2) is 35.9 Å². The summed E-state index contributed by atoms with van der Waals surface area (Å²) in [6.07, 6.45) is 7.95. The zero-order valence-electron chi connectivity index (χ0n) is 11.8. The number of hydrogen-bond donors (Lipinski definition) is 0. The molecule has 1 heterocycles. The molecule has 2 nitrogen and oxygen atoms in total. The van der Waals surface area contributed by atoms with Crippen LogP contribution in [-0.2, 0) is 6.54 Å². The summed E-state index contributed by atoms with van der Waals surface area (Å²) < 4.78 is 5.21. The Hall–Kier alpha value is -1.28. The summed E-state index contributed by atoms with van der Waals surface area (Å²) in [6, 6.07) is 8.48. The minimum Gasteiger partial charge on any atom is -0.497 e. The van der Waals surface area contributed by atoms with Crippen LogP contribution < -0.4 is 4.74 Å². The van der Waals surface area contributed by atoms with Crippen LogP contribution in [0.1, 0.15) is 31.2 Å². The molecule has 1 unspecified atom stereocenters. The van der Waals surface area contributed by atoms with Gasteiger partial charge in [-0.25, -0.2) is 0 Å². The molecule has 0 aromatic heterocycles. The molecule has 1 aliphatic heterocycles. The first kappa shape index (κ1) is 12.7. The largest absolute Gasteiger partial charge is 0.497 e. The average molecular weight is 257 g/mol. The van der Waals surface area contributed by atoms with Gasteiger partial charge in [-0.1, -0.05) is 23.8 Å². The molecule has 0 N–H and O–H groups in total. The van der Waals surface area contributed by atoms with E-state index in [1.165, 1.54) is 44.3 Å². The third-order valence-corrected chi connectivity index (χ3v) is 4.45. The zero-order valence-corrected chi connectivity index (χ0v) is 11.8. The number of benzene rings is 1. The van der Waals surface area contributed by atoms with Crippen molar-refractivity contribution < 1.29 is 4.74 Å². The Morgan fingerprint density at radius 1 is 1.21 bits per heavy atom. The lowest BCUT2D eigenvalue weighted by Crippen LogP contribution is -2.35. The van der Waals surface area contributed by atoms with Crippen LogP contribution in [0.2, 0.25) is 0 Å². The van der Waals surface area contributed by atoms with E-state index in [0.717, 1.165) is 18.2 Å². The van der Waals surface area contributed by atoms with Crippen molar-refractivity contribution in [3.8, 4) is 5.75 Å². The van der Waals surface area contributed by atoms with Crippen molar-refractivity contribution in [3.63, 3.8) is 0 Å². The molecule has 102 valence electrons. The Balaban J connectivity index is 1.62. The van der Waals surface area contributed by atoms with Crippen LogP contribution in [0.5, 0.6) is 5.75 Å². The molecule has 1 fully saturated rings. The highest BCUT2D eigenvalue weighted by Crippen LogP contribution is 2.32. The van der Waals surface area contributed by atoms with Gasteiger partial charge in [0.2, 0.25) is 0 Å². The number of ether oxygens (including phenoxy) is 1. The highest BCUT2D eigenvalue weighted by molar-refractivity contribution is 5.27. The molecular formula is C17H23NO. The van der Waals surface area contributed by atoms with E-state index in [-0.39, 0.29) is 0 Å². The number of hydrogen-bond acceptors (Lipinski definition) is 2. The van der Waals surface area contributed by atoms with Crippen molar-refractivity contribution in [1.29, 1.82) is 0 Å². The van der Waals surface area contributed by atoms with Gasteiger partial charge >= 0.3 is 0 Å². The Morgan fingerprint density at radius 2 is 2.05 bits per heavy atom. The molecule has 1 aromatic carbocycles. The standard InChI is InChI=1S/C17H23NO/c1-19-17-8-6-14(7-9-17)12-18-11-10-15-4-2-3-5-16(15)13-18/h5-9,15H,2-4,10-13H2,1H3. The van der Waals surface area contributed by atoms with Crippen molar-refractivity contribution in [2.75, 3.05) is 20.2 Å². The molecule has 0 bridgehead atoms. The Labute approximate surface area is 116 Å². The van der Waals surface area contributed by atoms with Gasteiger partial charge in [-0.2, -0.15) is 0 Å². The lowest BCUT2D eigenvalue weighted by atomic mass is 9.82. The van der Waals surface area contributed by atoms with Gasteiger partial charge < -0.3 is 4.74 Å². The number of likely N-dealkylation sites (tertiary alicyclic amines) is 1. The molecule has 1 aromatic rings. The molecule has 19 heavy (non-hydrogen) atoms. The first-order chi connectivity index (χ1) is 9.35. The predicted molar refractivity (Wildman–Crippen MR) is 78.3 cm³/mol. The Bertz CT molecular complexity index is 449. The molecule has 3 rings (SSSR count). The van der Waals surface area contributed by atoms with E-state index in [1.807, 2.05) is 0 Å².